The van der Waals surface area contributed by atoms with E-state index in [1.165, 1.54) is 28.0 Å². The van der Waals surface area contributed by atoms with Gasteiger partial charge in [0.25, 0.3) is 0 Å². The van der Waals surface area contributed by atoms with Crippen molar-refractivity contribution in [2.75, 3.05) is 19.6 Å². The number of nitrogens with zero attached hydrogens (tertiary/aromatic N) is 8. The number of aromatic nitrogens is 4. The summed E-state index contributed by atoms with van der Waals surface area (Å²) >= 11 is 3.81. The van der Waals surface area contributed by atoms with Crippen molar-refractivity contribution in [3.05, 3.63) is 149 Å². The second-order valence-corrected chi connectivity index (χ2v) is 14.5. The normalized spacial score (nSPS) is 26.4. The topological polar surface area (TPSA) is 64.5 Å². The van der Waals surface area contributed by atoms with E-state index in [4.69, 9.17) is 19.9 Å². The fourth-order valence-corrected chi connectivity index (χ4v) is 9.84. The summed E-state index contributed by atoms with van der Waals surface area (Å²) in [4.78, 5) is 29.5. The van der Waals surface area contributed by atoms with Gasteiger partial charge in [-0.25, -0.2) is 19.9 Å². The Bertz CT molecular complexity index is 2400. The molecular weight excluding hydrogens is 672 g/mol. The lowest BCUT2D eigenvalue weighted by atomic mass is 9.81. The van der Waals surface area contributed by atoms with Crippen molar-refractivity contribution in [3.8, 4) is 0 Å². The SMILES string of the molecule is CC12/C(=C3/c4ccc(Br)cc4N4c5nccnc5N(c5ccccc5)C34)C1(C)C1N(c3ccccc3)c3nccnc3N1c1ccccc12. The number of fused-ring (bicyclic) bond motifs is 13. The van der Waals surface area contributed by atoms with Crippen LogP contribution >= 0.6 is 15.9 Å². The van der Waals surface area contributed by atoms with Crippen LogP contribution in [0.2, 0.25) is 0 Å². The van der Waals surface area contributed by atoms with Gasteiger partial charge in [-0.3, -0.25) is 9.80 Å². The molecule has 5 aliphatic rings. The first kappa shape index (κ1) is 27.4. The molecule has 4 atom stereocenters. The molecule has 0 spiro atoms. The lowest BCUT2D eigenvalue weighted by Crippen LogP contribution is -2.50. The Kier molecular flexibility index (Phi) is 5.22. The van der Waals surface area contributed by atoms with E-state index in [1.807, 2.05) is 12.4 Å². The van der Waals surface area contributed by atoms with Gasteiger partial charge in [0.1, 0.15) is 12.3 Å². The van der Waals surface area contributed by atoms with Gasteiger partial charge < -0.3 is 9.80 Å². The molecule has 1 saturated carbocycles. The predicted octanol–water partition coefficient (Wildman–Crippen LogP) is 9.02. The van der Waals surface area contributed by atoms with Crippen molar-refractivity contribution in [2.24, 2.45) is 5.41 Å². The van der Waals surface area contributed by atoms with E-state index in [1.54, 1.807) is 12.4 Å². The Balaban J connectivity index is 1.24. The molecule has 0 amide bonds. The summed E-state index contributed by atoms with van der Waals surface area (Å²) in [6.07, 6.45) is 6.94. The minimum atomic E-state index is -0.340. The highest BCUT2D eigenvalue weighted by Crippen LogP contribution is 2.80. The number of rotatable bonds is 2. The summed E-state index contributed by atoms with van der Waals surface area (Å²) in [5.41, 5.74) is 9.08. The van der Waals surface area contributed by atoms with Crippen LogP contribution < -0.4 is 19.6 Å². The number of halogens is 1. The molecule has 2 aromatic heterocycles. The Morgan fingerprint density at radius 2 is 1.12 bits per heavy atom. The quantitative estimate of drug-likeness (QED) is 0.177. The molecule has 6 heterocycles. The Morgan fingerprint density at radius 3 is 1.80 bits per heavy atom. The summed E-state index contributed by atoms with van der Waals surface area (Å²) in [6, 6.07) is 36.8. The average Bonchev–Trinajstić information content (AvgIpc) is 3.48. The zero-order chi connectivity index (χ0) is 32.6. The highest BCUT2D eigenvalue weighted by Gasteiger charge is 2.79. The lowest BCUT2D eigenvalue weighted by Gasteiger charge is -2.43. The van der Waals surface area contributed by atoms with Crippen molar-refractivity contribution in [1.29, 1.82) is 0 Å². The van der Waals surface area contributed by atoms with Crippen molar-refractivity contribution in [1.82, 2.24) is 19.9 Å². The van der Waals surface area contributed by atoms with Gasteiger partial charge in [0.05, 0.1) is 5.69 Å². The average molecular weight is 702 g/mol. The third-order valence-electron chi connectivity index (χ3n) is 11.5. The van der Waals surface area contributed by atoms with Crippen LogP contribution in [-0.2, 0) is 5.41 Å². The summed E-state index contributed by atoms with van der Waals surface area (Å²) in [6.45, 7) is 4.91. The molecule has 1 aliphatic carbocycles. The first-order valence-electron chi connectivity index (χ1n) is 16.6. The summed E-state index contributed by atoms with van der Waals surface area (Å²) < 4.78 is 1.03. The molecule has 4 unspecified atom stereocenters. The Hall–Kier alpha value is -5.54. The molecule has 49 heavy (non-hydrogen) atoms. The highest BCUT2D eigenvalue weighted by atomic mass is 79.9. The standard InChI is InChI=1S/C40H29BrN8/c1-39-28-15-9-10-16-29(28)49-36-34(43-20-22-45-36)47(26-13-7-4-8-14-26)38(49)40(39,2)32(39)31-27-18-17-24(41)23-30(27)48-35-33(42-19-21-44-35)46(37(31)48)25-11-5-3-6-12-25/h3-23,37-38H,1-2H3/b32-31+. The van der Waals surface area contributed by atoms with Crippen LogP contribution in [0.4, 0.5) is 46.0 Å². The van der Waals surface area contributed by atoms with E-state index >= 15 is 0 Å². The molecule has 0 bridgehead atoms. The van der Waals surface area contributed by atoms with Gasteiger partial charge in [0, 0.05) is 68.3 Å². The van der Waals surface area contributed by atoms with Gasteiger partial charge in [-0.1, -0.05) is 90.4 Å². The first-order chi connectivity index (χ1) is 24.0. The van der Waals surface area contributed by atoms with E-state index in [0.717, 1.165) is 44.8 Å². The number of hydrogen-bond acceptors (Lipinski definition) is 8. The molecule has 11 rings (SSSR count). The van der Waals surface area contributed by atoms with Crippen LogP contribution in [0.3, 0.4) is 0 Å². The summed E-state index contributed by atoms with van der Waals surface area (Å²) in [5, 5.41) is 0. The van der Waals surface area contributed by atoms with E-state index in [2.05, 4.69) is 153 Å². The summed E-state index contributed by atoms with van der Waals surface area (Å²) in [5.74, 6) is 3.48. The minimum Gasteiger partial charge on any atom is -0.301 e. The van der Waals surface area contributed by atoms with E-state index in [9.17, 15) is 0 Å². The van der Waals surface area contributed by atoms with E-state index in [0.29, 0.717) is 0 Å². The number of benzene rings is 4. The van der Waals surface area contributed by atoms with Crippen LogP contribution in [0.1, 0.15) is 25.0 Å². The number of hydrogen-bond donors (Lipinski definition) is 0. The zero-order valence-electron chi connectivity index (χ0n) is 26.7. The fourth-order valence-electron chi connectivity index (χ4n) is 9.49. The van der Waals surface area contributed by atoms with E-state index < -0.39 is 0 Å². The lowest BCUT2D eigenvalue weighted by molar-refractivity contribution is 0.376. The van der Waals surface area contributed by atoms with Gasteiger partial charge in [-0.15, -0.1) is 0 Å². The third-order valence-corrected chi connectivity index (χ3v) is 12.0. The van der Waals surface area contributed by atoms with Gasteiger partial charge in [0.2, 0.25) is 0 Å². The molecule has 6 aromatic rings. The second-order valence-electron chi connectivity index (χ2n) is 13.6. The zero-order valence-corrected chi connectivity index (χ0v) is 28.3. The number of anilines is 8. The Morgan fingerprint density at radius 1 is 0.571 bits per heavy atom. The van der Waals surface area contributed by atoms with Crippen molar-refractivity contribution in [2.45, 2.75) is 31.6 Å². The molecule has 4 aromatic carbocycles. The maximum absolute atomic E-state index is 4.99. The predicted molar refractivity (Wildman–Crippen MR) is 196 cm³/mol. The number of para-hydroxylation sites is 3. The van der Waals surface area contributed by atoms with Crippen molar-refractivity contribution in [3.63, 3.8) is 0 Å². The van der Waals surface area contributed by atoms with Gasteiger partial charge >= 0.3 is 0 Å². The first-order valence-corrected chi connectivity index (χ1v) is 17.4. The monoisotopic (exact) mass is 700 g/mol. The smallest absolute Gasteiger partial charge is 0.178 e. The van der Waals surface area contributed by atoms with Crippen LogP contribution in [0, 0.1) is 5.41 Å². The van der Waals surface area contributed by atoms with Crippen molar-refractivity contribution >= 4 is 67.5 Å². The van der Waals surface area contributed by atoms with Crippen LogP contribution in [0.15, 0.2) is 138 Å². The van der Waals surface area contributed by atoms with Crippen LogP contribution in [0.5, 0.6) is 0 Å². The minimum absolute atomic E-state index is 0.104. The molecule has 0 saturated heterocycles. The highest BCUT2D eigenvalue weighted by molar-refractivity contribution is 9.10. The fraction of sp³-hybridized carbons (Fsp3) is 0.150. The molecule has 8 nitrogen and oxygen atoms in total. The largest absolute Gasteiger partial charge is 0.301 e. The molecule has 236 valence electrons. The van der Waals surface area contributed by atoms with E-state index in [-0.39, 0.29) is 23.2 Å². The van der Waals surface area contributed by atoms with Gasteiger partial charge in [0.15, 0.2) is 23.3 Å². The van der Waals surface area contributed by atoms with Crippen LogP contribution in [0.25, 0.3) is 5.57 Å². The Labute approximate surface area is 292 Å². The molecular formula is C40H29BrN8. The van der Waals surface area contributed by atoms with Gasteiger partial charge in [-0.05, 0) is 53.6 Å². The maximum atomic E-state index is 4.99. The molecule has 4 aliphatic heterocycles. The molecule has 0 N–H and O–H groups in total. The third kappa shape index (κ3) is 3.20. The molecule has 0 radical (unpaired) electrons. The van der Waals surface area contributed by atoms with Gasteiger partial charge in [-0.2, -0.15) is 0 Å². The molecule has 9 heteroatoms. The van der Waals surface area contributed by atoms with Crippen LogP contribution in [-0.4, -0.2) is 32.3 Å². The maximum Gasteiger partial charge on any atom is 0.178 e. The molecule has 1 fully saturated rings. The van der Waals surface area contributed by atoms with Crippen molar-refractivity contribution < 1.29 is 0 Å². The summed E-state index contributed by atoms with van der Waals surface area (Å²) in [7, 11) is 0. The second kappa shape index (κ2) is 9.33.